The van der Waals surface area contributed by atoms with Crippen LogP contribution in [0.5, 0.6) is 11.5 Å². The van der Waals surface area contributed by atoms with E-state index in [9.17, 15) is 8.42 Å². The number of rotatable bonds is 5. The number of para-hydroxylation sites is 1. The summed E-state index contributed by atoms with van der Waals surface area (Å²) < 4.78 is 33.8. The van der Waals surface area contributed by atoms with Gasteiger partial charge in [0.05, 0.1) is 10.4 Å². The van der Waals surface area contributed by atoms with Gasteiger partial charge in [0, 0.05) is 44.0 Å². The number of nitrogens with zero attached hydrogens (tertiary/aromatic N) is 3. The number of hydrogen-bond donors (Lipinski definition) is 1. The summed E-state index contributed by atoms with van der Waals surface area (Å²) in [5.74, 6) is 2.09. The Bertz CT molecular complexity index is 1300. The summed E-state index contributed by atoms with van der Waals surface area (Å²) in [4.78, 5) is 6.91. The maximum absolute atomic E-state index is 13.3. The quantitative estimate of drug-likeness (QED) is 0.476. The number of pyridine rings is 1. The highest BCUT2D eigenvalue weighted by Gasteiger charge is 2.22. The predicted molar refractivity (Wildman–Crippen MR) is 128 cm³/mol. The number of aromatic nitrogens is 2. The van der Waals surface area contributed by atoms with Gasteiger partial charge < -0.3 is 15.0 Å². The molecule has 5 rings (SSSR count). The van der Waals surface area contributed by atoms with E-state index < -0.39 is 10.0 Å². The third-order valence-electron chi connectivity index (χ3n) is 5.34. The molecule has 7 nitrogen and oxygen atoms in total. The number of ether oxygens (including phenoxy) is 1. The fourth-order valence-electron chi connectivity index (χ4n) is 3.78. The highest BCUT2D eigenvalue weighted by molar-refractivity contribution is 7.90. The lowest BCUT2D eigenvalue weighted by atomic mass is 10.2. The van der Waals surface area contributed by atoms with Crippen molar-refractivity contribution >= 4 is 39.2 Å². The number of piperazine rings is 1. The molecule has 0 unspecified atom stereocenters. The van der Waals surface area contributed by atoms with Crippen LogP contribution in [0.4, 0.5) is 5.82 Å². The van der Waals surface area contributed by atoms with Crippen LogP contribution < -0.4 is 15.0 Å². The molecule has 1 saturated heterocycles. The van der Waals surface area contributed by atoms with Gasteiger partial charge in [-0.05, 0) is 48.5 Å². The van der Waals surface area contributed by atoms with Gasteiger partial charge in [0.25, 0.3) is 10.0 Å². The van der Waals surface area contributed by atoms with E-state index >= 15 is 0 Å². The van der Waals surface area contributed by atoms with Crippen LogP contribution >= 0.6 is 12.4 Å². The van der Waals surface area contributed by atoms with Crippen LogP contribution in [0.25, 0.3) is 10.9 Å². The van der Waals surface area contributed by atoms with E-state index in [2.05, 4.69) is 15.2 Å². The Morgan fingerprint density at radius 2 is 1.56 bits per heavy atom. The van der Waals surface area contributed by atoms with Crippen LogP contribution in [-0.2, 0) is 10.0 Å². The van der Waals surface area contributed by atoms with Crippen molar-refractivity contribution in [2.24, 2.45) is 0 Å². The molecule has 0 amide bonds. The fourth-order valence-corrected chi connectivity index (χ4v) is 5.13. The molecule has 1 aliphatic heterocycles. The first kappa shape index (κ1) is 22.1. The van der Waals surface area contributed by atoms with Crippen LogP contribution in [-0.4, -0.2) is 43.6 Å². The van der Waals surface area contributed by atoms with Crippen LogP contribution in [0.15, 0.2) is 84.0 Å². The standard InChI is InChI=1S/C23H22N4O3S.ClH/c28-31(29,20-8-6-19(7-9-20)30-18-4-2-1-3-5-18)27-15-11-21-22(27)10-12-25-23(21)26-16-13-24-14-17-26;/h1-12,15,24H,13-14,16-17H2;1H. The molecule has 9 heteroatoms. The Morgan fingerprint density at radius 1 is 0.875 bits per heavy atom. The van der Waals surface area contributed by atoms with Crippen molar-refractivity contribution in [1.82, 2.24) is 14.3 Å². The van der Waals surface area contributed by atoms with Gasteiger partial charge in [-0.1, -0.05) is 18.2 Å². The highest BCUT2D eigenvalue weighted by Crippen LogP contribution is 2.29. The molecule has 1 aliphatic rings. The van der Waals surface area contributed by atoms with Gasteiger partial charge in [0.15, 0.2) is 0 Å². The molecule has 32 heavy (non-hydrogen) atoms. The first-order chi connectivity index (χ1) is 15.1. The van der Waals surface area contributed by atoms with Crippen molar-refractivity contribution in [2.75, 3.05) is 31.1 Å². The molecule has 1 N–H and O–H groups in total. The normalized spacial score (nSPS) is 14.2. The zero-order valence-electron chi connectivity index (χ0n) is 17.2. The molecule has 166 valence electrons. The number of benzene rings is 2. The Balaban J connectivity index is 0.00000245. The third-order valence-corrected chi connectivity index (χ3v) is 7.04. The van der Waals surface area contributed by atoms with Crippen molar-refractivity contribution in [3.05, 3.63) is 79.1 Å². The highest BCUT2D eigenvalue weighted by atomic mass is 35.5. The summed E-state index contributed by atoms with van der Waals surface area (Å²) in [7, 11) is -3.76. The number of fused-ring (bicyclic) bond motifs is 1. The molecule has 0 saturated carbocycles. The molecule has 3 heterocycles. The van der Waals surface area contributed by atoms with E-state index in [0.717, 1.165) is 37.4 Å². The zero-order valence-corrected chi connectivity index (χ0v) is 18.8. The van der Waals surface area contributed by atoms with Gasteiger partial charge >= 0.3 is 0 Å². The summed E-state index contributed by atoms with van der Waals surface area (Å²) in [6.45, 7) is 3.45. The summed E-state index contributed by atoms with van der Waals surface area (Å²) in [6, 6.07) is 19.4. The van der Waals surface area contributed by atoms with Gasteiger partial charge in [-0.25, -0.2) is 17.4 Å². The van der Waals surface area contributed by atoms with E-state index in [0.29, 0.717) is 17.0 Å². The van der Waals surface area contributed by atoms with E-state index in [4.69, 9.17) is 4.74 Å². The molecule has 0 bridgehead atoms. The monoisotopic (exact) mass is 470 g/mol. The average Bonchev–Trinajstić information content (AvgIpc) is 3.26. The van der Waals surface area contributed by atoms with E-state index in [1.807, 2.05) is 36.4 Å². The number of halogens is 1. The molecule has 0 radical (unpaired) electrons. The van der Waals surface area contributed by atoms with Crippen molar-refractivity contribution < 1.29 is 13.2 Å². The molecule has 0 aliphatic carbocycles. The van der Waals surface area contributed by atoms with E-state index in [-0.39, 0.29) is 17.3 Å². The maximum Gasteiger partial charge on any atom is 0.268 e. The van der Waals surface area contributed by atoms with E-state index in [1.54, 1.807) is 42.7 Å². The first-order valence-corrected chi connectivity index (χ1v) is 11.6. The van der Waals surface area contributed by atoms with Crippen LogP contribution in [0.3, 0.4) is 0 Å². The van der Waals surface area contributed by atoms with Gasteiger partial charge in [0.1, 0.15) is 17.3 Å². The minimum atomic E-state index is -3.76. The number of anilines is 1. The van der Waals surface area contributed by atoms with E-state index in [1.165, 1.54) is 3.97 Å². The first-order valence-electron chi connectivity index (χ1n) is 10.1. The number of nitrogens with one attached hydrogen (secondary N) is 1. The molecule has 1 fully saturated rings. The Labute approximate surface area is 193 Å². The summed E-state index contributed by atoms with van der Waals surface area (Å²) in [5, 5.41) is 4.15. The average molecular weight is 471 g/mol. The Hall–Kier alpha value is -3.07. The van der Waals surface area contributed by atoms with Crippen molar-refractivity contribution in [2.45, 2.75) is 4.90 Å². The topological polar surface area (TPSA) is 76.5 Å². The second-order valence-corrected chi connectivity index (χ2v) is 9.12. The second kappa shape index (κ2) is 9.20. The lowest BCUT2D eigenvalue weighted by Gasteiger charge is -2.28. The minimum absolute atomic E-state index is 0. The zero-order chi connectivity index (χ0) is 21.3. The van der Waals surface area contributed by atoms with Crippen molar-refractivity contribution in [3.8, 4) is 11.5 Å². The SMILES string of the molecule is Cl.O=S(=O)(c1ccc(Oc2ccccc2)cc1)n1ccc2c(N3CCNCC3)nccc21. The van der Waals surface area contributed by atoms with Crippen LogP contribution in [0, 0.1) is 0 Å². The van der Waals surface area contributed by atoms with Crippen molar-refractivity contribution in [3.63, 3.8) is 0 Å². The Kier molecular flexibility index (Phi) is 6.36. The number of hydrogen-bond acceptors (Lipinski definition) is 6. The summed E-state index contributed by atoms with van der Waals surface area (Å²) in [6.07, 6.45) is 3.27. The van der Waals surface area contributed by atoms with Crippen LogP contribution in [0.2, 0.25) is 0 Å². The molecular weight excluding hydrogens is 448 g/mol. The largest absolute Gasteiger partial charge is 0.457 e. The molecule has 0 spiro atoms. The third kappa shape index (κ3) is 4.17. The molecule has 0 atom stereocenters. The maximum atomic E-state index is 13.3. The smallest absolute Gasteiger partial charge is 0.268 e. The summed E-state index contributed by atoms with van der Waals surface area (Å²) in [5.41, 5.74) is 0.619. The lowest BCUT2D eigenvalue weighted by molar-refractivity contribution is 0.482. The molecular formula is C23H23ClN4O3S. The van der Waals surface area contributed by atoms with Gasteiger partial charge in [-0.2, -0.15) is 0 Å². The van der Waals surface area contributed by atoms with Gasteiger partial charge in [-0.3, -0.25) is 0 Å². The lowest BCUT2D eigenvalue weighted by Crippen LogP contribution is -2.43. The molecule has 2 aromatic carbocycles. The van der Waals surface area contributed by atoms with Crippen molar-refractivity contribution in [1.29, 1.82) is 0 Å². The molecule has 2 aromatic heterocycles. The minimum Gasteiger partial charge on any atom is -0.457 e. The van der Waals surface area contributed by atoms with Crippen LogP contribution in [0.1, 0.15) is 0 Å². The Morgan fingerprint density at radius 3 is 2.28 bits per heavy atom. The molecule has 4 aromatic rings. The fraction of sp³-hybridized carbons (Fsp3) is 0.174. The second-order valence-electron chi connectivity index (χ2n) is 7.31. The summed E-state index contributed by atoms with van der Waals surface area (Å²) >= 11 is 0. The predicted octanol–water partition coefficient (Wildman–Crippen LogP) is 3.90. The van der Waals surface area contributed by atoms with Gasteiger partial charge in [0.2, 0.25) is 0 Å². The van der Waals surface area contributed by atoms with Gasteiger partial charge in [-0.15, -0.1) is 12.4 Å².